The van der Waals surface area contributed by atoms with E-state index in [0.29, 0.717) is 46.7 Å². The van der Waals surface area contributed by atoms with Crippen molar-refractivity contribution in [3.8, 4) is 11.5 Å². The van der Waals surface area contributed by atoms with Gasteiger partial charge in [-0.15, -0.1) is 11.3 Å². The number of allylic oxidation sites excluding steroid dienone is 3. The number of Topliss-reactive ketones (excluding diaryl/α,β-unsaturated/α-hetero) is 1. The number of ether oxygens (including phenoxy) is 3. The van der Waals surface area contributed by atoms with E-state index in [0.717, 1.165) is 5.70 Å². The lowest BCUT2D eigenvalue weighted by atomic mass is 9.72. The van der Waals surface area contributed by atoms with Gasteiger partial charge in [-0.05, 0) is 43.0 Å². The number of methoxy groups -OCH3 is 3. The number of benzene rings is 1. The maximum atomic E-state index is 13.5. The van der Waals surface area contributed by atoms with Crippen molar-refractivity contribution in [3.05, 3.63) is 68.7 Å². The van der Waals surface area contributed by atoms with Crippen molar-refractivity contribution >= 4 is 23.1 Å². The molecule has 0 radical (unpaired) electrons. The largest absolute Gasteiger partial charge is 0.497 e. The molecule has 0 spiro atoms. The van der Waals surface area contributed by atoms with Crippen LogP contribution in [0, 0.1) is 0 Å². The summed E-state index contributed by atoms with van der Waals surface area (Å²) >= 11 is 1.66. The van der Waals surface area contributed by atoms with Gasteiger partial charge in [0.2, 0.25) is 0 Å². The van der Waals surface area contributed by atoms with E-state index in [2.05, 4.69) is 11.4 Å². The van der Waals surface area contributed by atoms with Gasteiger partial charge in [0.1, 0.15) is 11.5 Å². The van der Waals surface area contributed by atoms with Crippen molar-refractivity contribution in [2.24, 2.45) is 0 Å². The van der Waals surface area contributed by atoms with E-state index in [1.165, 1.54) is 12.0 Å². The lowest BCUT2D eigenvalue weighted by Crippen LogP contribution is -2.36. The molecule has 0 fully saturated rings. The second-order valence-corrected chi connectivity index (χ2v) is 8.61. The van der Waals surface area contributed by atoms with Gasteiger partial charge in [-0.2, -0.15) is 0 Å². The molecule has 162 valence electrons. The van der Waals surface area contributed by atoms with Gasteiger partial charge in [0.25, 0.3) is 0 Å². The summed E-state index contributed by atoms with van der Waals surface area (Å²) < 4.78 is 16.1. The maximum Gasteiger partial charge on any atom is 0.336 e. The van der Waals surface area contributed by atoms with Crippen LogP contribution in [0.2, 0.25) is 0 Å². The summed E-state index contributed by atoms with van der Waals surface area (Å²) in [6, 6.07) is 9.49. The molecular weight excluding hydrogens is 414 g/mol. The molecule has 4 rings (SSSR count). The zero-order chi connectivity index (χ0) is 22.1. The molecule has 1 aromatic heterocycles. The summed E-state index contributed by atoms with van der Waals surface area (Å²) in [5, 5.41) is 5.37. The lowest BCUT2D eigenvalue weighted by Gasteiger charge is -2.36. The number of hydrogen-bond donors (Lipinski definition) is 1. The highest BCUT2D eigenvalue weighted by atomic mass is 32.1. The Morgan fingerprint density at radius 2 is 1.94 bits per heavy atom. The summed E-state index contributed by atoms with van der Waals surface area (Å²) in [4.78, 5) is 27.5. The first-order valence-corrected chi connectivity index (χ1v) is 10.9. The van der Waals surface area contributed by atoms with Crippen molar-refractivity contribution < 1.29 is 23.8 Å². The summed E-state index contributed by atoms with van der Waals surface area (Å²) in [7, 11) is 4.51. The Morgan fingerprint density at radius 1 is 1.13 bits per heavy atom. The molecule has 6 nitrogen and oxygen atoms in total. The standard InChI is InChI=1S/C24H25NO5S/c1-13-21(24(27)30-4)22(16-12-15(28-2)7-8-19(16)29-3)23-17(25-13)10-14(11-18(23)26)20-6-5-9-31-20/h5-9,12,14,22,25H,10-11H2,1-4H3/t14-,22+/m1/s1. The lowest BCUT2D eigenvalue weighted by molar-refractivity contribution is -0.136. The Bertz CT molecular complexity index is 1080. The smallest absolute Gasteiger partial charge is 0.336 e. The van der Waals surface area contributed by atoms with Crippen LogP contribution in [-0.4, -0.2) is 33.1 Å². The molecule has 1 aromatic carbocycles. The van der Waals surface area contributed by atoms with Crippen LogP contribution in [-0.2, 0) is 14.3 Å². The monoisotopic (exact) mass is 439 g/mol. The van der Waals surface area contributed by atoms with Gasteiger partial charge >= 0.3 is 5.97 Å². The number of hydrogen-bond acceptors (Lipinski definition) is 7. The van der Waals surface area contributed by atoms with E-state index >= 15 is 0 Å². The van der Waals surface area contributed by atoms with E-state index in [1.807, 2.05) is 24.4 Å². The van der Waals surface area contributed by atoms with Crippen LogP contribution in [0.5, 0.6) is 11.5 Å². The van der Waals surface area contributed by atoms with E-state index in [-0.39, 0.29) is 11.7 Å². The minimum absolute atomic E-state index is 0.0240. The molecule has 1 N–H and O–H groups in total. The first-order valence-electron chi connectivity index (χ1n) is 10.1. The molecular formula is C24H25NO5S. The molecule has 31 heavy (non-hydrogen) atoms. The first kappa shape index (κ1) is 21.2. The van der Waals surface area contributed by atoms with Crippen LogP contribution in [0.4, 0.5) is 0 Å². The predicted molar refractivity (Wildman–Crippen MR) is 118 cm³/mol. The van der Waals surface area contributed by atoms with Gasteiger partial charge in [-0.25, -0.2) is 4.79 Å². The van der Waals surface area contributed by atoms with E-state index < -0.39 is 11.9 Å². The normalized spacial score (nSPS) is 20.8. The molecule has 0 unspecified atom stereocenters. The number of carbonyl (C=O) groups excluding carboxylic acids is 2. The maximum absolute atomic E-state index is 13.5. The fourth-order valence-corrected chi connectivity index (χ4v) is 5.35. The average Bonchev–Trinajstić information content (AvgIpc) is 3.32. The molecule has 1 aliphatic heterocycles. The van der Waals surface area contributed by atoms with Crippen LogP contribution in [0.25, 0.3) is 0 Å². The zero-order valence-electron chi connectivity index (χ0n) is 18.0. The summed E-state index contributed by atoms with van der Waals surface area (Å²) in [5.74, 6) is 0.292. The number of carbonyl (C=O) groups is 2. The van der Waals surface area contributed by atoms with E-state index in [4.69, 9.17) is 14.2 Å². The molecule has 2 atom stereocenters. The number of ketones is 1. The minimum atomic E-state index is -0.592. The number of nitrogens with one attached hydrogen (secondary N) is 1. The summed E-state index contributed by atoms with van der Waals surface area (Å²) in [6.45, 7) is 1.84. The average molecular weight is 440 g/mol. The first-order chi connectivity index (χ1) is 15.0. The third-order valence-corrected chi connectivity index (χ3v) is 6.96. The van der Waals surface area contributed by atoms with Crippen molar-refractivity contribution in [2.75, 3.05) is 21.3 Å². The molecule has 2 heterocycles. The zero-order valence-corrected chi connectivity index (χ0v) is 18.8. The second kappa shape index (κ2) is 8.59. The van der Waals surface area contributed by atoms with E-state index in [1.54, 1.807) is 37.7 Å². The van der Waals surface area contributed by atoms with Crippen molar-refractivity contribution in [1.82, 2.24) is 5.32 Å². The number of dihydropyridines is 1. The summed E-state index contributed by atoms with van der Waals surface area (Å²) in [6.07, 6.45) is 1.10. The van der Waals surface area contributed by atoms with Gasteiger partial charge in [-0.1, -0.05) is 6.07 Å². The molecule has 2 aromatic rings. The Morgan fingerprint density at radius 3 is 2.58 bits per heavy atom. The fourth-order valence-electron chi connectivity index (χ4n) is 4.52. The molecule has 0 amide bonds. The van der Waals surface area contributed by atoms with Crippen molar-refractivity contribution in [3.63, 3.8) is 0 Å². The number of rotatable bonds is 5. The third-order valence-electron chi connectivity index (χ3n) is 5.93. The van der Waals surface area contributed by atoms with Crippen molar-refractivity contribution in [2.45, 2.75) is 31.6 Å². The molecule has 2 aliphatic rings. The van der Waals surface area contributed by atoms with Gasteiger partial charge in [-0.3, -0.25) is 4.79 Å². The van der Waals surface area contributed by atoms with Gasteiger partial charge in [0.05, 0.1) is 32.8 Å². The van der Waals surface area contributed by atoms with Gasteiger partial charge < -0.3 is 19.5 Å². The van der Waals surface area contributed by atoms with Crippen molar-refractivity contribution in [1.29, 1.82) is 0 Å². The van der Waals surface area contributed by atoms with Crippen LogP contribution < -0.4 is 14.8 Å². The molecule has 1 aliphatic carbocycles. The SMILES string of the molecule is COC(=O)C1=C(C)NC2=C(C(=O)C[C@H](c3cccs3)C2)[C@H]1c1cc(OC)ccc1OC. The quantitative estimate of drug-likeness (QED) is 0.701. The van der Waals surface area contributed by atoms with Crippen LogP contribution in [0.15, 0.2) is 58.3 Å². The predicted octanol–water partition coefficient (Wildman–Crippen LogP) is 4.30. The number of esters is 1. The van der Waals surface area contributed by atoms with Gasteiger partial charge in [0, 0.05) is 39.7 Å². The van der Waals surface area contributed by atoms with Crippen LogP contribution >= 0.6 is 11.3 Å². The van der Waals surface area contributed by atoms with Gasteiger partial charge in [0.15, 0.2) is 5.78 Å². The number of thiophene rings is 1. The Balaban J connectivity index is 1.89. The summed E-state index contributed by atoms with van der Waals surface area (Å²) in [5.41, 5.74) is 3.26. The van der Waals surface area contributed by atoms with Crippen LogP contribution in [0.3, 0.4) is 0 Å². The highest BCUT2D eigenvalue weighted by molar-refractivity contribution is 7.10. The van der Waals surface area contributed by atoms with Crippen LogP contribution in [0.1, 0.15) is 42.0 Å². The van der Waals surface area contributed by atoms with E-state index in [9.17, 15) is 9.59 Å². The Labute approximate surface area is 185 Å². The highest BCUT2D eigenvalue weighted by Gasteiger charge is 2.42. The molecule has 7 heteroatoms. The minimum Gasteiger partial charge on any atom is -0.497 e. The third kappa shape index (κ3) is 3.74. The molecule has 0 saturated heterocycles. The highest BCUT2D eigenvalue weighted by Crippen LogP contribution is 2.48. The topological polar surface area (TPSA) is 73.9 Å². The molecule has 0 saturated carbocycles. The Kier molecular flexibility index (Phi) is 5.87. The Hall–Kier alpha value is -3.06. The second-order valence-electron chi connectivity index (χ2n) is 7.63. The fraction of sp³-hybridized carbons (Fsp3) is 0.333. The molecule has 0 bridgehead atoms.